The van der Waals surface area contributed by atoms with E-state index in [-0.39, 0.29) is 0 Å². The Bertz CT molecular complexity index is 882. The average Bonchev–Trinajstić information content (AvgIpc) is 2.94. The SMILES string of the molecule is CC=C1CN2[C@H]3C[C@@H]1[C@@H](CO)[C@@H]2Cc1c3n(C)c2c(OC)cccc12. The number of rotatable bonds is 2. The first-order chi connectivity index (χ1) is 12.2. The van der Waals surface area contributed by atoms with Crippen LogP contribution in [0.25, 0.3) is 10.9 Å². The van der Waals surface area contributed by atoms with Gasteiger partial charge in [-0.1, -0.05) is 23.8 Å². The summed E-state index contributed by atoms with van der Waals surface area (Å²) in [6.45, 7) is 3.50. The topological polar surface area (TPSA) is 37.6 Å². The van der Waals surface area contributed by atoms with Crippen LogP contribution in [0.2, 0.25) is 0 Å². The first-order valence-electron chi connectivity index (χ1n) is 9.35. The van der Waals surface area contributed by atoms with Crippen molar-refractivity contribution >= 4 is 10.9 Å². The predicted octanol–water partition coefficient (Wildman–Crippen LogP) is 3.04. The van der Waals surface area contributed by atoms with Crippen LogP contribution in [0.3, 0.4) is 0 Å². The third kappa shape index (κ3) is 1.84. The van der Waals surface area contributed by atoms with Gasteiger partial charge in [-0.25, -0.2) is 0 Å². The molecular weight excluding hydrogens is 312 g/mol. The molecule has 5 atom stereocenters. The van der Waals surface area contributed by atoms with E-state index in [1.54, 1.807) is 7.11 Å². The van der Waals surface area contributed by atoms with E-state index in [0.29, 0.717) is 30.5 Å². The molecule has 0 spiro atoms. The van der Waals surface area contributed by atoms with Crippen molar-refractivity contribution in [3.63, 3.8) is 0 Å². The van der Waals surface area contributed by atoms with Gasteiger partial charge in [-0.3, -0.25) is 4.90 Å². The van der Waals surface area contributed by atoms with Gasteiger partial charge in [-0.15, -0.1) is 0 Å². The lowest BCUT2D eigenvalue weighted by molar-refractivity contribution is -0.0513. The molecule has 3 fully saturated rings. The van der Waals surface area contributed by atoms with Crippen molar-refractivity contribution in [2.75, 3.05) is 20.3 Å². The van der Waals surface area contributed by atoms with Crippen molar-refractivity contribution in [2.45, 2.75) is 31.8 Å². The number of nitrogens with zero attached hydrogens (tertiary/aromatic N) is 2. The number of hydrogen-bond donors (Lipinski definition) is 1. The van der Waals surface area contributed by atoms with E-state index in [1.165, 1.54) is 27.7 Å². The van der Waals surface area contributed by atoms with Crippen LogP contribution in [0.15, 0.2) is 29.8 Å². The molecule has 1 N–H and O–H groups in total. The van der Waals surface area contributed by atoms with Crippen molar-refractivity contribution in [2.24, 2.45) is 18.9 Å². The minimum absolute atomic E-state index is 0.291. The quantitative estimate of drug-likeness (QED) is 0.855. The summed E-state index contributed by atoms with van der Waals surface area (Å²) in [6.07, 6.45) is 4.44. The second-order valence-electron chi connectivity index (χ2n) is 7.79. The van der Waals surface area contributed by atoms with E-state index in [1.807, 2.05) is 0 Å². The minimum atomic E-state index is 0.291. The highest BCUT2D eigenvalue weighted by Crippen LogP contribution is 2.55. The van der Waals surface area contributed by atoms with E-state index >= 15 is 0 Å². The molecule has 0 amide bonds. The van der Waals surface area contributed by atoms with Crippen LogP contribution in [0.1, 0.15) is 30.6 Å². The molecule has 1 aromatic carbocycles. The van der Waals surface area contributed by atoms with Crippen LogP contribution in [0, 0.1) is 11.8 Å². The Morgan fingerprint density at radius 2 is 2.20 bits per heavy atom. The summed E-state index contributed by atoms with van der Waals surface area (Å²) in [5.74, 6) is 1.85. The molecule has 4 aliphatic rings. The lowest BCUT2D eigenvalue weighted by Crippen LogP contribution is -2.61. The van der Waals surface area contributed by atoms with Gasteiger partial charge in [-0.2, -0.15) is 0 Å². The van der Waals surface area contributed by atoms with Crippen molar-refractivity contribution in [3.05, 3.63) is 41.1 Å². The fourth-order valence-electron chi connectivity index (χ4n) is 5.96. The highest BCUT2D eigenvalue weighted by molar-refractivity contribution is 5.91. The lowest BCUT2D eigenvalue weighted by atomic mass is 9.64. The number of aliphatic hydroxyl groups is 1. The molecule has 1 aromatic heterocycles. The maximum Gasteiger partial charge on any atom is 0.143 e. The van der Waals surface area contributed by atoms with Gasteiger partial charge in [0.2, 0.25) is 0 Å². The first-order valence-corrected chi connectivity index (χ1v) is 9.35. The molecule has 3 saturated heterocycles. The molecule has 1 unspecified atom stereocenters. The Balaban J connectivity index is 1.73. The molecule has 4 nitrogen and oxygen atoms in total. The number of allylic oxidation sites excluding steroid dienone is 1. The number of benzene rings is 1. The Morgan fingerprint density at radius 1 is 1.36 bits per heavy atom. The molecule has 25 heavy (non-hydrogen) atoms. The van der Waals surface area contributed by atoms with Crippen LogP contribution < -0.4 is 4.74 Å². The van der Waals surface area contributed by atoms with E-state index in [0.717, 1.165) is 25.1 Å². The highest BCUT2D eigenvalue weighted by Gasteiger charge is 2.53. The Kier molecular flexibility index (Phi) is 3.32. The standard InChI is InChI=1S/C21H26N2O2/c1-4-12-10-23-17-9-15-13-6-5-7-19(25-3)21(13)22(2)20(15)18(23)8-14(12)16(17)11-24/h4-7,14,16-18,24H,8-11H2,1-3H3/t14-,16+,17-,18-/m0/s1. The maximum atomic E-state index is 10.1. The zero-order valence-electron chi connectivity index (χ0n) is 15.2. The van der Waals surface area contributed by atoms with Gasteiger partial charge < -0.3 is 14.4 Å². The second-order valence-corrected chi connectivity index (χ2v) is 7.79. The number of piperidine rings is 3. The van der Waals surface area contributed by atoms with Crippen LogP contribution in [0.4, 0.5) is 0 Å². The molecule has 5 heterocycles. The number of aryl methyl sites for hydroxylation is 1. The molecule has 4 bridgehead atoms. The number of methoxy groups -OCH3 is 1. The summed E-state index contributed by atoms with van der Waals surface area (Å²) >= 11 is 0. The Hall–Kier alpha value is -1.78. The van der Waals surface area contributed by atoms with Crippen molar-refractivity contribution in [1.29, 1.82) is 0 Å². The van der Waals surface area contributed by atoms with Crippen molar-refractivity contribution in [3.8, 4) is 5.75 Å². The van der Waals surface area contributed by atoms with E-state index in [2.05, 4.69) is 47.7 Å². The fraction of sp³-hybridized carbons (Fsp3) is 0.524. The largest absolute Gasteiger partial charge is 0.495 e. The van der Waals surface area contributed by atoms with Gasteiger partial charge in [0, 0.05) is 43.2 Å². The summed E-state index contributed by atoms with van der Waals surface area (Å²) in [6, 6.07) is 7.31. The number of aromatic nitrogens is 1. The lowest BCUT2D eigenvalue weighted by Gasteiger charge is -2.58. The molecule has 0 aliphatic carbocycles. The fourth-order valence-corrected chi connectivity index (χ4v) is 5.96. The van der Waals surface area contributed by atoms with Gasteiger partial charge in [0.1, 0.15) is 5.75 Å². The van der Waals surface area contributed by atoms with Crippen LogP contribution >= 0.6 is 0 Å². The van der Waals surface area contributed by atoms with E-state index in [4.69, 9.17) is 4.74 Å². The minimum Gasteiger partial charge on any atom is -0.495 e. The number of para-hydroxylation sites is 1. The summed E-state index contributed by atoms with van der Waals surface area (Å²) < 4.78 is 8.02. The summed E-state index contributed by atoms with van der Waals surface area (Å²) in [5.41, 5.74) is 5.67. The van der Waals surface area contributed by atoms with E-state index in [9.17, 15) is 5.11 Å². The molecule has 2 aromatic rings. The zero-order valence-corrected chi connectivity index (χ0v) is 15.2. The third-order valence-electron chi connectivity index (χ3n) is 7.02. The number of hydrogen-bond acceptors (Lipinski definition) is 3. The molecule has 4 heteroatoms. The highest BCUT2D eigenvalue weighted by atomic mass is 16.5. The van der Waals surface area contributed by atoms with Gasteiger partial charge in [0.05, 0.1) is 18.7 Å². The van der Waals surface area contributed by atoms with Crippen molar-refractivity contribution < 1.29 is 9.84 Å². The molecule has 0 saturated carbocycles. The summed E-state index contributed by atoms with van der Waals surface area (Å²) in [5, 5.41) is 11.4. The number of ether oxygens (including phenoxy) is 1. The first kappa shape index (κ1) is 15.5. The smallest absolute Gasteiger partial charge is 0.143 e. The van der Waals surface area contributed by atoms with Crippen molar-refractivity contribution in [1.82, 2.24) is 9.47 Å². The normalized spacial score (nSPS) is 34.6. The third-order valence-corrected chi connectivity index (χ3v) is 7.02. The molecule has 0 radical (unpaired) electrons. The predicted molar refractivity (Wildman–Crippen MR) is 98.8 cm³/mol. The molecule has 6 rings (SSSR count). The second kappa shape index (κ2) is 5.36. The number of aliphatic hydroxyl groups excluding tert-OH is 1. The number of fused-ring (bicyclic) bond motifs is 4. The Labute approximate surface area is 148 Å². The van der Waals surface area contributed by atoms with Gasteiger partial charge in [-0.05, 0) is 37.3 Å². The van der Waals surface area contributed by atoms with Gasteiger partial charge in [0.25, 0.3) is 0 Å². The summed E-state index contributed by atoms with van der Waals surface area (Å²) in [7, 11) is 3.94. The van der Waals surface area contributed by atoms with E-state index < -0.39 is 0 Å². The molecule has 132 valence electrons. The van der Waals surface area contributed by atoms with Gasteiger partial charge in [0.15, 0.2) is 0 Å². The van der Waals surface area contributed by atoms with Crippen LogP contribution in [0.5, 0.6) is 5.75 Å². The molecule has 4 aliphatic heterocycles. The van der Waals surface area contributed by atoms with Crippen LogP contribution in [-0.4, -0.2) is 40.9 Å². The summed E-state index contributed by atoms with van der Waals surface area (Å²) in [4.78, 5) is 2.66. The zero-order chi connectivity index (χ0) is 17.3. The van der Waals surface area contributed by atoms with Gasteiger partial charge >= 0.3 is 0 Å². The van der Waals surface area contributed by atoms with Crippen LogP contribution in [-0.2, 0) is 13.5 Å². The Morgan fingerprint density at radius 3 is 2.92 bits per heavy atom. The average molecular weight is 338 g/mol. The maximum absolute atomic E-state index is 10.1. The monoisotopic (exact) mass is 338 g/mol. The molecular formula is C21H26N2O2.